The minimum absolute atomic E-state index is 0.0128. The Bertz CT molecular complexity index is 2430. The number of fused-ring (bicyclic) bond motifs is 9. The summed E-state index contributed by atoms with van der Waals surface area (Å²) in [5.74, 6) is -1.44. The van der Waals surface area contributed by atoms with Crippen LogP contribution in [0.25, 0.3) is 0 Å². The molecular formula is C52H76BrClN6O10Si2. The molecular weight excluding hydrogens is 1040 g/mol. The minimum atomic E-state index is -3.01. The summed E-state index contributed by atoms with van der Waals surface area (Å²) in [6.45, 7) is 31.4. The number of nitrogens with zero attached hydrogens (tertiary/aromatic N) is 3. The fourth-order valence-electron chi connectivity index (χ4n) is 9.03. The highest BCUT2D eigenvalue weighted by Crippen LogP contribution is 2.52. The second-order valence-corrected chi connectivity index (χ2v) is 33.2. The monoisotopic (exact) mass is 1110 g/mol. The third kappa shape index (κ3) is 13.5. The zero-order valence-corrected chi connectivity index (χ0v) is 49.2. The molecule has 1 saturated heterocycles. The quantitative estimate of drug-likeness (QED) is 0.0792. The molecule has 16 nitrogen and oxygen atoms in total. The molecule has 3 heterocycles. The number of hydrogen-bond acceptors (Lipinski definition) is 12. The maximum absolute atomic E-state index is 15.5. The van der Waals surface area contributed by atoms with E-state index in [0.717, 1.165) is 12.8 Å². The average molecular weight is 1120 g/mol. The molecule has 6 rings (SSSR count). The SMILES string of the molecule is CCOC(=O)[C@@H]1NC(=O)[C@@H](c2ccc(OC)cc2)NC(=O)[C@@H](NC(=O)OC(C)(C)C)c2cc(Br)c(N=NN3CCCC3)c(c2)Oc2ccc(c(O[Si](C)(C)C(C)(C)C)c2Cl)[C@H]1O[Si](C(C)C)(C(C)C)C(C)C. The van der Waals surface area contributed by atoms with Gasteiger partial charge in [0.2, 0.25) is 20.1 Å². The van der Waals surface area contributed by atoms with Crippen molar-refractivity contribution in [1.29, 1.82) is 0 Å². The van der Waals surface area contributed by atoms with Crippen LogP contribution in [0.5, 0.6) is 23.0 Å². The predicted molar refractivity (Wildman–Crippen MR) is 288 cm³/mol. The van der Waals surface area contributed by atoms with Crippen molar-refractivity contribution in [3.05, 3.63) is 74.7 Å². The van der Waals surface area contributed by atoms with Crippen LogP contribution in [0.3, 0.4) is 0 Å². The molecule has 3 aromatic rings. The molecule has 0 unspecified atom stereocenters. The van der Waals surface area contributed by atoms with Gasteiger partial charge >= 0.3 is 12.1 Å². The van der Waals surface area contributed by atoms with Crippen LogP contribution in [0.4, 0.5) is 10.5 Å². The lowest BCUT2D eigenvalue weighted by Crippen LogP contribution is -2.56. The number of benzene rings is 3. The molecule has 4 atom stereocenters. The van der Waals surface area contributed by atoms with Crippen molar-refractivity contribution >= 4 is 73.7 Å². The number of nitrogens with one attached hydrogen (secondary N) is 3. The first-order chi connectivity index (χ1) is 33.5. The number of esters is 1. The summed E-state index contributed by atoms with van der Waals surface area (Å²) in [6, 6.07) is 8.62. The van der Waals surface area contributed by atoms with E-state index in [-0.39, 0.29) is 61.8 Å². The predicted octanol–water partition coefficient (Wildman–Crippen LogP) is 13.1. The highest BCUT2D eigenvalue weighted by atomic mass is 79.9. The van der Waals surface area contributed by atoms with E-state index >= 15 is 9.59 Å². The number of methoxy groups -OCH3 is 1. The molecule has 3 N–H and O–H groups in total. The van der Waals surface area contributed by atoms with E-state index in [4.69, 9.17) is 39.4 Å². The van der Waals surface area contributed by atoms with Gasteiger partial charge in [-0.2, -0.15) is 0 Å². The highest BCUT2D eigenvalue weighted by Gasteiger charge is 2.51. The first-order valence-electron chi connectivity index (χ1n) is 24.8. The van der Waals surface area contributed by atoms with E-state index in [1.165, 1.54) is 7.11 Å². The smallest absolute Gasteiger partial charge is 0.408 e. The molecule has 0 spiro atoms. The van der Waals surface area contributed by atoms with Crippen LogP contribution in [-0.2, 0) is 28.3 Å². The Kier molecular flexibility index (Phi) is 19.1. The Hall–Kier alpha value is -4.70. The van der Waals surface area contributed by atoms with Gasteiger partial charge in [0.1, 0.15) is 51.7 Å². The Morgan fingerprint density at radius 3 is 2.04 bits per heavy atom. The van der Waals surface area contributed by atoms with Gasteiger partial charge < -0.3 is 43.7 Å². The van der Waals surface area contributed by atoms with Gasteiger partial charge in [-0.25, -0.2) is 9.59 Å². The van der Waals surface area contributed by atoms with Gasteiger partial charge in [-0.1, -0.05) is 91.3 Å². The third-order valence-corrected chi connectivity index (χ3v) is 25.0. The zero-order valence-electron chi connectivity index (χ0n) is 44.9. The third-order valence-electron chi connectivity index (χ3n) is 13.6. The van der Waals surface area contributed by atoms with Gasteiger partial charge in [0.25, 0.3) is 8.32 Å². The molecule has 396 valence electrons. The van der Waals surface area contributed by atoms with Crippen molar-refractivity contribution in [3.8, 4) is 23.0 Å². The molecule has 0 aromatic heterocycles. The largest absolute Gasteiger partial charge is 0.542 e. The second-order valence-electron chi connectivity index (χ2n) is 21.8. The Morgan fingerprint density at radius 2 is 1.50 bits per heavy atom. The molecule has 1 fully saturated rings. The summed E-state index contributed by atoms with van der Waals surface area (Å²) in [7, 11) is -4.32. The molecule has 0 saturated carbocycles. The number of ether oxygens (including phenoxy) is 4. The molecule has 3 aliphatic heterocycles. The van der Waals surface area contributed by atoms with Crippen molar-refractivity contribution in [3.63, 3.8) is 0 Å². The van der Waals surface area contributed by atoms with E-state index < -0.39 is 70.3 Å². The maximum atomic E-state index is 15.5. The first-order valence-corrected chi connectivity index (χ1v) is 31.0. The lowest BCUT2D eigenvalue weighted by Gasteiger charge is -2.46. The number of rotatable bonds is 14. The van der Waals surface area contributed by atoms with Gasteiger partial charge in [0.15, 0.2) is 11.8 Å². The van der Waals surface area contributed by atoms with E-state index in [2.05, 4.69) is 118 Å². The van der Waals surface area contributed by atoms with Gasteiger partial charge in [-0.05, 0) is 139 Å². The molecule has 4 bridgehead atoms. The van der Waals surface area contributed by atoms with E-state index in [0.29, 0.717) is 34.4 Å². The normalized spacial score (nSPS) is 19.4. The Labute approximate surface area is 441 Å². The van der Waals surface area contributed by atoms with Crippen molar-refractivity contribution in [1.82, 2.24) is 21.0 Å². The van der Waals surface area contributed by atoms with Gasteiger partial charge in [-0.3, -0.25) is 14.6 Å². The summed E-state index contributed by atoms with van der Waals surface area (Å²) in [5, 5.41) is 19.4. The standard InChI is InChI=1S/C52H76BrClN6O10Si2/c1-17-66-49(63)44-46(70-72(30(2)3,31(4)5)32(6)7)36-24-25-38(40(54)45(36)69-71(15,16)52(11,12)13)67-39-29-34(28-37(53)43(39)58-59-60-26-18-19-27-60)42(57-50(64)68-51(8,9)10)48(62)55-41(47(61)56-44)33-20-22-35(65-14)23-21-33/h20-25,28-32,41-42,44,46H,17-19,26-27H2,1-16H3,(H,55,62)(H,56,61)(H,57,64)/t41-,42+,44-,46-/m1/s1. The summed E-state index contributed by atoms with van der Waals surface area (Å²) < 4.78 is 39.1. The number of carbonyl (C=O) groups is 4. The van der Waals surface area contributed by atoms with Crippen LogP contribution in [0.2, 0.25) is 39.8 Å². The fraction of sp³-hybridized carbons (Fsp3) is 0.577. The Morgan fingerprint density at radius 1 is 0.889 bits per heavy atom. The summed E-state index contributed by atoms with van der Waals surface area (Å²) >= 11 is 11.4. The van der Waals surface area contributed by atoms with Crippen LogP contribution in [0, 0.1) is 0 Å². The molecule has 3 aliphatic rings. The van der Waals surface area contributed by atoms with Gasteiger partial charge in [-0.15, -0.1) is 5.11 Å². The summed E-state index contributed by atoms with van der Waals surface area (Å²) in [4.78, 5) is 59.2. The number of alkyl carbamates (subject to hydrolysis) is 1. The van der Waals surface area contributed by atoms with E-state index in [9.17, 15) is 9.59 Å². The van der Waals surface area contributed by atoms with Crippen molar-refractivity contribution < 1.29 is 47.0 Å². The van der Waals surface area contributed by atoms with Crippen LogP contribution in [0.15, 0.2) is 63.3 Å². The summed E-state index contributed by atoms with van der Waals surface area (Å²) in [5.41, 5.74) is 0.270. The van der Waals surface area contributed by atoms with E-state index in [1.807, 2.05) is 5.01 Å². The molecule has 3 amide bonds. The molecule has 3 aromatic carbocycles. The first kappa shape index (κ1) is 58.2. The van der Waals surface area contributed by atoms with Crippen molar-refractivity contribution in [2.24, 2.45) is 10.3 Å². The minimum Gasteiger partial charge on any atom is -0.542 e. The summed E-state index contributed by atoms with van der Waals surface area (Å²) in [6.07, 6.45) is -0.260. The zero-order chi connectivity index (χ0) is 53.7. The lowest BCUT2D eigenvalue weighted by atomic mass is 9.98. The van der Waals surface area contributed by atoms with Crippen molar-refractivity contribution in [2.75, 3.05) is 26.8 Å². The topological polar surface area (TPSA) is 188 Å². The molecule has 0 radical (unpaired) electrons. The van der Waals surface area contributed by atoms with Gasteiger partial charge in [0, 0.05) is 23.1 Å². The number of hydrogen-bond donors (Lipinski definition) is 3. The molecule has 0 aliphatic carbocycles. The average Bonchev–Trinajstić information content (AvgIpc) is 3.80. The second kappa shape index (κ2) is 23.7. The molecule has 20 heteroatoms. The Balaban J connectivity index is 1.95. The number of amides is 3. The van der Waals surface area contributed by atoms with Crippen LogP contribution in [0.1, 0.15) is 138 Å². The van der Waals surface area contributed by atoms with E-state index in [1.54, 1.807) is 76.2 Å². The number of carbonyl (C=O) groups excluding carboxylic acids is 4. The van der Waals surface area contributed by atoms with Gasteiger partial charge in [0.05, 0.1) is 13.7 Å². The van der Waals surface area contributed by atoms with Crippen LogP contribution < -0.4 is 29.9 Å². The fourth-order valence-corrected chi connectivity index (χ4v) is 16.4. The number of halogens is 2. The highest BCUT2D eigenvalue weighted by molar-refractivity contribution is 9.10. The van der Waals surface area contributed by atoms with Crippen molar-refractivity contribution in [2.45, 2.75) is 167 Å². The molecule has 72 heavy (non-hydrogen) atoms. The maximum Gasteiger partial charge on any atom is 0.408 e. The van der Waals surface area contributed by atoms with Crippen LogP contribution in [-0.4, -0.2) is 84.0 Å². The van der Waals surface area contributed by atoms with Crippen LogP contribution >= 0.6 is 27.5 Å². The lowest BCUT2D eigenvalue weighted by molar-refractivity contribution is -0.151.